The van der Waals surface area contributed by atoms with Crippen molar-refractivity contribution in [2.75, 3.05) is 11.9 Å². The lowest BCUT2D eigenvalue weighted by Gasteiger charge is -2.14. The van der Waals surface area contributed by atoms with Gasteiger partial charge in [0.15, 0.2) is 5.13 Å². The minimum absolute atomic E-state index is 0.247. The molecule has 18 heavy (non-hydrogen) atoms. The molecule has 0 spiro atoms. The normalized spacial score (nSPS) is 12.1. The predicted molar refractivity (Wildman–Crippen MR) is 76.4 cm³/mol. The molecule has 0 aliphatic rings. The number of aromatic nitrogens is 1. The van der Waals surface area contributed by atoms with Crippen LogP contribution in [0.15, 0.2) is 35.8 Å². The molecule has 0 saturated heterocycles. The lowest BCUT2D eigenvalue weighted by molar-refractivity contribution is 0.317. The first-order valence-corrected chi connectivity index (χ1v) is 7.06. The number of benzene rings is 1. The molecule has 96 valence electrons. The molecule has 0 fully saturated rings. The van der Waals surface area contributed by atoms with Crippen LogP contribution in [0.3, 0.4) is 0 Å². The van der Waals surface area contributed by atoms with Gasteiger partial charge in [0.1, 0.15) is 5.75 Å². The van der Waals surface area contributed by atoms with Crippen molar-refractivity contribution in [2.24, 2.45) is 0 Å². The molecule has 1 N–H and O–H groups in total. The first-order chi connectivity index (χ1) is 8.79. The SMILES string of the molecule is CCCOc1ccc(C(C)Nc2nccs2)cc1. The molecule has 1 aromatic heterocycles. The molecular weight excluding hydrogens is 244 g/mol. The maximum absolute atomic E-state index is 5.57. The Morgan fingerprint density at radius 1 is 1.33 bits per heavy atom. The average Bonchev–Trinajstić information content (AvgIpc) is 2.89. The van der Waals surface area contributed by atoms with E-state index in [2.05, 4.69) is 36.3 Å². The van der Waals surface area contributed by atoms with E-state index in [4.69, 9.17) is 4.74 Å². The molecule has 1 unspecified atom stereocenters. The van der Waals surface area contributed by atoms with Gasteiger partial charge in [-0.15, -0.1) is 11.3 Å². The lowest BCUT2D eigenvalue weighted by atomic mass is 10.1. The van der Waals surface area contributed by atoms with Gasteiger partial charge in [0.2, 0.25) is 0 Å². The Bertz CT molecular complexity index is 453. The second kappa shape index (κ2) is 6.40. The molecule has 2 rings (SSSR count). The van der Waals surface area contributed by atoms with Gasteiger partial charge < -0.3 is 10.1 Å². The molecule has 0 saturated carbocycles. The number of ether oxygens (including phenoxy) is 1. The van der Waals surface area contributed by atoms with Gasteiger partial charge in [-0.1, -0.05) is 19.1 Å². The molecule has 0 aliphatic carbocycles. The van der Waals surface area contributed by atoms with Crippen LogP contribution in [0.25, 0.3) is 0 Å². The summed E-state index contributed by atoms with van der Waals surface area (Å²) in [5.41, 5.74) is 1.23. The Hall–Kier alpha value is -1.55. The fraction of sp³-hybridized carbons (Fsp3) is 0.357. The topological polar surface area (TPSA) is 34.1 Å². The summed E-state index contributed by atoms with van der Waals surface area (Å²) in [7, 11) is 0. The Kier molecular flexibility index (Phi) is 4.59. The van der Waals surface area contributed by atoms with Crippen LogP contribution >= 0.6 is 11.3 Å². The summed E-state index contributed by atoms with van der Waals surface area (Å²) >= 11 is 1.61. The van der Waals surface area contributed by atoms with E-state index in [1.54, 1.807) is 17.5 Å². The number of nitrogens with zero attached hydrogens (tertiary/aromatic N) is 1. The fourth-order valence-electron chi connectivity index (χ4n) is 1.64. The van der Waals surface area contributed by atoms with Crippen LogP contribution in [0.2, 0.25) is 0 Å². The molecular formula is C14H18N2OS. The smallest absolute Gasteiger partial charge is 0.183 e. The standard InChI is InChI=1S/C14H18N2OS/c1-3-9-17-13-6-4-12(5-7-13)11(2)16-14-15-8-10-18-14/h4-8,10-11H,3,9H2,1-2H3,(H,15,16). The zero-order valence-corrected chi connectivity index (χ0v) is 11.5. The van der Waals surface area contributed by atoms with Gasteiger partial charge in [0.25, 0.3) is 0 Å². The summed E-state index contributed by atoms with van der Waals surface area (Å²) in [6.45, 7) is 5.00. The van der Waals surface area contributed by atoms with E-state index < -0.39 is 0 Å². The van der Waals surface area contributed by atoms with Crippen LogP contribution in [0.4, 0.5) is 5.13 Å². The van der Waals surface area contributed by atoms with E-state index in [0.717, 1.165) is 23.9 Å². The van der Waals surface area contributed by atoms with Crippen molar-refractivity contribution in [3.63, 3.8) is 0 Å². The van der Waals surface area contributed by atoms with Crippen molar-refractivity contribution in [1.82, 2.24) is 4.98 Å². The Labute approximate surface area is 112 Å². The van der Waals surface area contributed by atoms with Crippen molar-refractivity contribution in [3.05, 3.63) is 41.4 Å². The van der Waals surface area contributed by atoms with Gasteiger partial charge in [-0.25, -0.2) is 4.98 Å². The van der Waals surface area contributed by atoms with Crippen LogP contribution in [0, 0.1) is 0 Å². The summed E-state index contributed by atoms with van der Waals surface area (Å²) < 4.78 is 5.57. The summed E-state index contributed by atoms with van der Waals surface area (Å²) in [4.78, 5) is 4.22. The van der Waals surface area contributed by atoms with Crippen LogP contribution in [0.1, 0.15) is 31.9 Å². The third-order valence-electron chi connectivity index (χ3n) is 2.63. The predicted octanol–water partition coefficient (Wildman–Crippen LogP) is 4.11. The van der Waals surface area contributed by atoms with Gasteiger partial charge in [0, 0.05) is 11.6 Å². The highest BCUT2D eigenvalue weighted by molar-refractivity contribution is 7.13. The molecule has 3 nitrogen and oxygen atoms in total. The lowest BCUT2D eigenvalue weighted by Crippen LogP contribution is -2.06. The largest absolute Gasteiger partial charge is 0.494 e. The van der Waals surface area contributed by atoms with Gasteiger partial charge in [0.05, 0.1) is 12.6 Å². The molecule has 0 bridgehead atoms. The number of hydrogen-bond donors (Lipinski definition) is 1. The highest BCUT2D eigenvalue weighted by Gasteiger charge is 2.06. The van der Waals surface area contributed by atoms with E-state index >= 15 is 0 Å². The molecule has 1 atom stereocenters. The van der Waals surface area contributed by atoms with Gasteiger partial charge in [-0.05, 0) is 31.0 Å². The van der Waals surface area contributed by atoms with E-state index in [1.165, 1.54) is 5.56 Å². The minimum atomic E-state index is 0.247. The monoisotopic (exact) mass is 262 g/mol. The van der Waals surface area contributed by atoms with Crippen LogP contribution in [-0.2, 0) is 0 Å². The molecule has 1 aromatic carbocycles. The maximum atomic E-state index is 5.57. The van der Waals surface area contributed by atoms with E-state index in [0.29, 0.717) is 0 Å². The van der Waals surface area contributed by atoms with E-state index in [9.17, 15) is 0 Å². The van der Waals surface area contributed by atoms with Gasteiger partial charge >= 0.3 is 0 Å². The first kappa shape index (κ1) is 12.9. The molecule has 2 aromatic rings. The second-order valence-corrected chi connectivity index (χ2v) is 5.02. The number of thiazole rings is 1. The molecule has 4 heteroatoms. The third-order valence-corrected chi connectivity index (χ3v) is 3.33. The van der Waals surface area contributed by atoms with Crippen molar-refractivity contribution in [1.29, 1.82) is 0 Å². The molecule has 1 heterocycles. The second-order valence-electron chi connectivity index (χ2n) is 4.12. The quantitative estimate of drug-likeness (QED) is 0.851. The van der Waals surface area contributed by atoms with Gasteiger partial charge in [-0.2, -0.15) is 0 Å². The summed E-state index contributed by atoms with van der Waals surface area (Å²) in [6, 6.07) is 8.47. The number of rotatable bonds is 6. The number of nitrogens with one attached hydrogen (secondary N) is 1. The van der Waals surface area contributed by atoms with Crippen LogP contribution in [0.5, 0.6) is 5.75 Å². The molecule has 0 aliphatic heterocycles. The summed E-state index contributed by atoms with van der Waals surface area (Å²) in [5, 5.41) is 6.29. The van der Waals surface area contributed by atoms with Gasteiger partial charge in [-0.3, -0.25) is 0 Å². The number of hydrogen-bond acceptors (Lipinski definition) is 4. The van der Waals surface area contributed by atoms with E-state index in [1.807, 2.05) is 17.5 Å². The van der Waals surface area contributed by atoms with Crippen molar-refractivity contribution >= 4 is 16.5 Å². The number of anilines is 1. The summed E-state index contributed by atoms with van der Waals surface area (Å²) in [6.07, 6.45) is 2.84. The fourth-order valence-corrected chi connectivity index (χ4v) is 2.25. The Balaban J connectivity index is 1.96. The van der Waals surface area contributed by atoms with Crippen LogP contribution in [-0.4, -0.2) is 11.6 Å². The van der Waals surface area contributed by atoms with Crippen LogP contribution < -0.4 is 10.1 Å². The summed E-state index contributed by atoms with van der Waals surface area (Å²) in [5.74, 6) is 0.932. The zero-order chi connectivity index (χ0) is 12.8. The average molecular weight is 262 g/mol. The van der Waals surface area contributed by atoms with Crippen molar-refractivity contribution in [3.8, 4) is 5.75 Å². The Morgan fingerprint density at radius 2 is 2.11 bits per heavy atom. The maximum Gasteiger partial charge on any atom is 0.183 e. The zero-order valence-electron chi connectivity index (χ0n) is 10.7. The van der Waals surface area contributed by atoms with E-state index in [-0.39, 0.29) is 6.04 Å². The van der Waals surface area contributed by atoms with Crippen molar-refractivity contribution in [2.45, 2.75) is 26.3 Å². The molecule has 0 radical (unpaired) electrons. The Morgan fingerprint density at radius 3 is 2.72 bits per heavy atom. The first-order valence-electron chi connectivity index (χ1n) is 6.18. The molecule has 0 amide bonds. The highest BCUT2D eigenvalue weighted by Crippen LogP contribution is 2.22. The highest BCUT2D eigenvalue weighted by atomic mass is 32.1. The van der Waals surface area contributed by atoms with Crippen molar-refractivity contribution < 1.29 is 4.74 Å². The minimum Gasteiger partial charge on any atom is -0.494 e. The third kappa shape index (κ3) is 3.47.